The lowest BCUT2D eigenvalue weighted by atomic mass is 9.95. The molecule has 1 fully saturated rings. The molecule has 0 bridgehead atoms. The molecule has 0 saturated carbocycles. The second kappa shape index (κ2) is 7.80. The molecule has 0 spiro atoms. The van der Waals surface area contributed by atoms with E-state index in [0.29, 0.717) is 0 Å². The molecule has 144 valence electrons. The lowest BCUT2D eigenvalue weighted by molar-refractivity contribution is -0.120. The summed E-state index contributed by atoms with van der Waals surface area (Å²) in [7, 11) is 0. The molecule has 1 aliphatic heterocycles. The Morgan fingerprint density at radius 3 is 2.43 bits per heavy atom. The normalized spacial score (nSPS) is 14.9. The second-order valence-corrected chi connectivity index (χ2v) is 7.20. The van der Waals surface area contributed by atoms with E-state index in [1.54, 1.807) is 12.5 Å². The Kier molecular flexibility index (Phi) is 5.06. The Morgan fingerprint density at radius 1 is 1.04 bits per heavy atom. The van der Waals surface area contributed by atoms with E-state index in [-0.39, 0.29) is 11.8 Å². The highest BCUT2D eigenvalue weighted by atomic mass is 16.1. The van der Waals surface area contributed by atoms with Crippen molar-refractivity contribution in [1.82, 2.24) is 19.5 Å². The number of imidazole rings is 1. The molecule has 7 heteroatoms. The number of carbonyl (C=O) groups is 1. The Labute approximate surface area is 164 Å². The minimum atomic E-state index is 0.0229. The van der Waals surface area contributed by atoms with Crippen molar-refractivity contribution in [3.63, 3.8) is 0 Å². The molecule has 0 radical (unpaired) electrons. The second-order valence-electron chi connectivity index (χ2n) is 7.20. The molecule has 0 aliphatic carbocycles. The number of rotatable bonds is 4. The summed E-state index contributed by atoms with van der Waals surface area (Å²) in [4.78, 5) is 27.8. The molecule has 1 aromatic carbocycles. The number of hydrogen-bond donors (Lipinski definition) is 1. The van der Waals surface area contributed by atoms with Crippen LogP contribution in [0.1, 0.15) is 24.2 Å². The zero-order chi connectivity index (χ0) is 19.5. The molecule has 1 saturated heterocycles. The Bertz CT molecular complexity index is 957. The molecule has 1 amide bonds. The first kappa shape index (κ1) is 18.2. The van der Waals surface area contributed by atoms with Crippen LogP contribution in [0, 0.1) is 19.8 Å². The van der Waals surface area contributed by atoms with Crippen LogP contribution in [-0.2, 0) is 4.79 Å². The summed E-state index contributed by atoms with van der Waals surface area (Å²) in [6, 6.07) is 9.88. The van der Waals surface area contributed by atoms with Crippen molar-refractivity contribution < 1.29 is 4.79 Å². The minimum Gasteiger partial charge on any atom is -0.356 e. The number of nitrogens with one attached hydrogen (secondary N) is 1. The number of aryl methyl sites for hydroxylation is 2. The molecule has 3 aromatic rings. The number of hydrogen-bond acceptors (Lipinski definition) is 5. The van der Waals surface area contributed by atoms with Crippen LogP contribution in [0.15, 0.2) is 49.1 Å². The highest BCUT2D eigenvalue weighted by molar-refractivity contribution is 5.92. The third kappa shape index (κ3) is 3.88. The van der Waals surface area contributed by atoms with Gasteiger partial charge in [-0.15, -0.1) is 0 Å². The van der Waals surface area contributed by atoms with Crippen molar-refractivity contribution in [1.29, 1.82) is 0 Å². The van der Waals surface area contributed by atoms with Crippen LogP contribution in [-0.4, -0.2) is 38.5 Å². The van der Waals surface area contributed by atoms with Crippen molar-refractivity contribution in [2.75, 3.05) is 23.3 Å². The van der Waals surface area contributed by atoms with E-state index in [9.17, 15) is 4.79 Å². The van der Waals surface area contributed by atoms with Crippen molar-refractivity contribution in [3.05, 3.63) is 60.4 Å². The van der Waals surface area contributed by atoms with E-state index < -0.39 is 0 Å². The summed E-state index contributed by atoms with van der Waals surface area (Å²) in [6.07, 6.45) is 6.85. The summed E-state index contributed by atoms with van der Waals surface area (Å²) < 4.78 is 1.94. The van der Waals surface area contributed by atoms with Crippen LogP contribution in [0.2, 0.25) is 0 Å². The average Bonchev–Trinajstić information content (AvgIpc) is 3.16. The van der Waals surface area contributed by atoms with Gasteiger partial charge in [0.25, 0.3) is 0 Å². The van der Waals surface area contributed by atoms with Crippen molar-refractivity contribution in [3.8, 4) is 5.82 Å². The van der Waals surface area contributed by atoms with Crippen LogP contribution in [0.25, 0.3) is 5.82 Å². The van der Waals surface area contributed by atoms with Gasteiger partial charge in [0.05, 0.1) is 0 Å². The summed E-state index contributed by atoms with van der Waals surface area (Å²) in [6.45, 7) is 5.57. The Morgan fingerprint density at radius 2 is 1.75 bits per heavy atom. The maximum absolute atomic E-state index is 12.6. The molecular weight excluding hydrogens is 352 g/mol. The van der Waals surface area contributed by atoms with Crippen molar-refractivity contribution in [2.24, 2.45) is 5.92 Å². The molecular formula is C21H24N6O. The molecule has 1 N–H and O–H groups in total. The predicted molar refractivity (Wildman–Crippen MR) is 109 cm³/mol. The van der Waals surface area contributed by atoms with Crippen LogP contribution < -0.4 is 10.2 Å². The van der Waals surface area contributed by atoms with Gasteiger partial charge in [0.15, 0.2) is 0 Å². The molecule has 0 unspecified atom stereocenters. The monoisotopic (exact) mass is 376 g/mol. The Hall–Kier alpha value is -3.22. The summed E-state index contributed by atoms with van der Waals surface area (Å²) in [5.74, 6) is 2.70. The van der Waals surface area contributed by atoms with Gasteiger partial charge in [-0.1, -0.05) is 17.7 Å². The number of amides is 1. The summed E-state index contributed by atoms with van der Waals surface area (Å²) >= 11 is 0. The van der Waals surface area contributed by atoms with Crippen LogP contribution in [0.3, 0.4) is 0 Å². The number of aromatic nitrogens is 4. The number of piperidine rings is 1. The zero-order valence-corrected chi connectivity index (χ0v) is 16.2. The van der Waals surface area contributed by atoms with Gasteiger partial charge in [-0.3, -0.25) is 9.36 Å². The largest absolute Gasteiger partial charge is 0.356 e. The van der Waals surface area contributed by atoms with Crippen molar-refractivity contribution in [2.45, 2.75) is 26.7 Å². The van der Waals surface area contributed by atoms with E-state index >= 15 is 0 Å². The van der Waals surface area contributed by atoms with E-state index in [1.165, 1.54) is 5.56 Å². The molecule has 7 nitrogen and oxygen atoms in total. The summed E-state index contributed by atoms with van der Waals surface area (Å²) in [5.41, 5.74) is 2.04. The molecule has 2 aromatic heterocycles. The third-order valence-electron chi connectivity index (χ3n) is 5.22. The van der Waals surface area contributed by atoms with Crippen LogP contribution in [0.4, 0.5) is 11.5 Å². The lowest BCUT2D eigenvalue weighted by Crippen LogP contribution is -2.38. The maximum atomic E-state index is 12.6. The quantitative estimate of drug-likeness (QED) is 0.757. The van der Waals surface area contributed by atoms with Gasteiger partial charge in [0, 0.05) is 43.2 Å². The Balaban J connectivity index is 1.38. The fraction of sp³-hybridized carbons (Fsp3) is 0.333. The van der Waals surface area contributed by atoms with E-state index in [1.807, 2.05) is 54.9 Å². The van der Waals surface area contributed by atoms with Gasteiger partial charge >= 0.3 is 0 Å². The third-order valence-corrected chi connectivity index (χ3v) is 5.22. The zero-order valence-electron chi connectivity index (χ0n) is 16.2. The number of carbonyl (C=O) groups excluding carboxylic acids is 1. The fourth-order valence-electron chi connectivity index (χ4n) is 3.51. The van der Waals surface area contributed by atoms with E-state index in [4.69, 9.17) is 0 Å². The first-order valence-corrected chi connectivity index (χ1v) is 9.55. The highest BCUT2D eigenvalue weighted by Gasteiger charge is 2.26. The smallest absolute Gasteiger partial charge is 0.227 e. The average molecular weight is 376 g/mol. The molecule has 0 atom stereocenters. The number of nitrogens with zero attached hydrogens (tertiary/aromatic N) is 5. The number of anilines is 2. The van der Waals surface area contributed by atoms with Gasteiger partial charge in [0.1, 0.15) is 23.8 Å². The standard InChI is InChI=1S/C21H24N6O/c1-15-3-5-18(6-4-15)25-21(28)17-7-10-26(11-8-17)19-13-20(24-14-23-19)27-12-9-22-16(27)2/h3-6,9,12-14,17H,7-8,10-11H2,1-2H3,(H,25,28). The van der Waals surface area contributed by atoms with Crippen LogP contribution in [0.5, 0.6) is 0 Å². The van der Waals surface area contributed by atoms with E-state index in [0.717, 1.165) is 49.1 Å². The maximum Gasteiger partial charge on any atom is 0.227 e. The summed E-state index contributed by atoms with van der Waals surface area (Å²) in [5, 5.41) is 3.03. The SMILES string of the molecule is Cc1ccc(NC(=O)C2CCN(c3cc(-n4ccnc4C)ncn3)CC2)cc1. The molecule has 3 heterocycles. The fourth-order valence-corrected chi connectivity index (χ4v) is 3.51. The van der Waals surface area contributed by atoms with Gasteiger partial charge in [0.2, 0.25) is 5.91 Å². The predicted octanol–water partition coefficient (Wildman–Crippen LogP) is 3.13. The molecule has 28 heavy (non-hydrogen) atoms. The van der Waals surface area contributed by atoms with E-state index in [2.05, 4.69) is 25.2 Å². The first-order valence-electron chi connectivity index (χ1n) is 9.55. The van der Waals surface area contributed by atoms with Gasteiger partial charge in [-0.25, -0.2) is 15.0 Å². The van der Waals surface area contributed by atoms with Crippen molar-refractivity contribution >= 4 is 17.4 Å². The van der Waals surface area contributed by atoms with Gasteiger partial charge in [-0.2, -0.15) is 0 Å². The van der Waals surface area contributed by atoms with Crippen LogP contribution >= 0.6 is 0 Å². The molecule has 1 aliphatic rings. The number of benzene rings is 1. The van der Waals surface area contributed by atoms with Gasteiger partial charge in [-0.05, 0) is 38.8 Å². The minimum absolute atomic E-state index is 0.0229. The lowest BCUT2D eigenvalue weighted by Gasteiger charge is -2.32. The topological polar surface area (TPSA) is 75.9 Å². The first-order chi connectivity index (χ1) is 13.6. The molecule has 4 rings (SSSR count). The highest BCUT2D eigenvalue weighted by Crippen LogP contribution is 2.24. The van der Waals surface area contributed by atoms with Gasteiger partial charge < -0.3 is 10.2 Å².